The number of primary amides is 1. The number of nitrogens with zero attached hydrogens (tertiary/aromatic N) is 1. The van der Waals surface area contributed by atoms with E-state index in [0.29, 0.717) is 32.9 Å². The van der Waals surface area contributed by atoms with E-state index < -0.39 is 17.6 Å². The fourth-order valence-corrected chi connectivity index (χ4v) is 4.45. The van der Waals surface area contributed by atoms with Crippen LogP contribution in [0.1, 0.15) is 37.4 Å². The maximum atomic E-state index is 13.5. The Morgan fingerprint density at radius 2 is 1.49 bits per heavy atom. The summed E-state index contributed by atoms with van der Waals surface area (Å²) < 4.78 is 42.3. The molecule has 5 rings (SSSR count). The van der Waals surface area contributed by atoms with Crippen LogP contribution in [-0.4, -0.2) is 16.3 Å². The third-order valence-electron chi connectivity index (χ3n) is 6.05. The highest BCUT2D eigenvalue weighted by molar-refractivity contribution is 6.18. The molecule has 4 nitrogen and oxygen atoms in total. The molecule has 1 heterocycles. The smallest absolute Gasteiger partial charge is 0.366 e. The SMILES string of the molecule is NC(=O)c1cccc2c1c1ccc(C(F)(F)F)cc1n2Cc1cccc(C(=O)c2ccccc2)c1. The highest BCUT2D eigenvalue weighted by Gasteiger charge is 2.31. The summed E-state index contributed by atoms with van der Waals surface area (Å²) in [7, 11) is 0. The first-order valence-corrected chi connectivity index (χ1v) is 10.8. The van der Waals surface area contributed by atoms with E-state index in [4.69, 9.17) is 5.73 Å². The number of aromatic nitrogens is 1. The number of hydrogen-bond acceptors (Lipinski definition) is 2. The topological polar surface area (TPSA) is 65.1 Å². The molecule has 0 aliphatic carbocycles. The number of benzene rings is 4. The largest absolute Gasteiger partial charge is 0.416 e. The maximum Gasteiger partial charge on any atom is 0.416 e. The summed E-state index contributed by atoms with van der Waals surface area (Å²) in [5.74, 6) is -0.810. The van der Waals surface area contributed by atoms with Crippen molar-refractivity contribution in [1.29, 1.82) is 0 Å². The molecule has 0 aliphatic heterocycles. The van der Waals surface area contributed by atoms with Crippen LogP contribution in [0.5, 0.6) is 0 Å². The van der Waals surface area contributed by atoms with Gasteiger partial charge in [-0.15, -0.1) is 0 Å². The Bertz CT molecular complexity index is 1600. The fraction of sp³-hybridized carbons (Fsp3) is 0.0714. The molecule has 0 atom stereocenters. The van der Waals surface area contributed by atoms with Crippen LogP contribution < -0.4 is 5.73 Å². The minimum atomic E-state index is -4.52. The number of fused-ring (bicyclic) bond motifs is 3. The standard InChI is InChI=1S/C28H19F3N2O2/c29-28(30,31)20-12-13-21-24(15-20)33(23-11-5-10-22(25(21)23)27(32)35)16-17-6-4-9-19(14-17)26(34)18-7-2-1-3-8-18/h1-15H,16H2,(H2,32,35). The molecule has 0 bridgehead atoms. The number of alkyl halides is 3. The van der Waals surface area contributed by atoms with Crippen molar-refractivity contribution in [3.63, 3.8) is 0 Å². The van der Waals surface area contributed by atoms with E-state index in [1.807, 2.05) is 12.1 Å². The molecule has 5 aromatic rings. The van der Waals surface area contributed by atoms with E-state index in [0.717, 1.165) is 17.7 Å². The molecule has 1 aromatic heterocycles. The third kappa shape index (κ3) is 4.05. The highest BCUT2D eigenvalue weighted by Crippen LogP contribution is 2.37. The molecule has 0 unspecified atom stereocenters. The van der Waals surface area contributed by atoms with Crippen LogP contribution >= 0.6 is 0 Å². The molecule has 0 spiro atoms. The Kier molecular flexibility index (Phi) is 5.40. The number of amides is 1. The molecular weight excluding hydrogens is 453 g/mol. The Morgan fingerprint density at radius 3 is 2.20 bits per heavy atom. The zero-order valence-electron chi connectivity index (χ0n) is 18.3. The molecule has 0 fully saturated rings. The first-order chi connectivity index (χ1) is 16.7. The van der Waals surface area contributed by atoms with E-state index in [1.165, 1.54) is 6.07 Å². The van der Waals surface area contributed by atoms with Gasteiger partial charge in [0.25, 0.3) is 0 Å². The lowest BCUT2D eigenvalue weighted by atomic mass is 10.0. The van der Waals surface area contributed by atoms with Gasteiger partial charge in [0.15, 0.2) is 5.78 Å². The van der Waals surface area contributed by atoms with E-state index in [2.05, 4.69) is 0 Å². The fourth-order valence-electron chi connectivity index (χ4n) is 4.45. The van der Waals surface area contributed by atoms with Crippen LogP contribution in [0.2, 0.25) is 0 Å². The van der Waals surface area contributed by atoms with Gasteiger partial charge in [-0.05, 0) is 35.9 Å². The molecule has 174 valence electrons. The Morgan fingerprint density at radius 1 is 0.771 bits per heavy atom. The van der Waals surface area contributed by atoms with E-state index >= 15 is 0 Å². The van der Waals surface area contributed by atoms with Gasteiger partial charge in [-0.1, -0.05) is 60.7 Å². The molecule has 0 radical (unpaired) electrons. The van der Waals surface area contributed by atoms with E-state index in [1.54, 1.807) is 65.2 Å². The van der Waals surface area contributed by atoms with Crippen molar-refractivity contribution in [2.45, 2.75) is 12.7 Å². The van der Waals surface area contributed by atoms with Crippen molar-refractivity contribution >= 4 is 33.5 Å². The number of nitrogens with two attached hydrogens (primary N) is 1. The van der Waals surface area contributed by atoms with Gasteiger partial charge in [-0.3, -0.25) is 9.59 Å². The summed E-state index contributed by atoms with van der Waals surface area (Å²) in [5, 5.41) is 0.999. The molecule has 0 saturated heterocycles. The molecular formula is C28H19F3N2O2. The van der Waals surface area contributed by atoms with Crippen molar-refractivity contribution in [3.8, 4) is 0 Å². The summed E-state index contributed by atoms with van der Waals surface area (Å²) in [4.78, 5) is 25.0. The van der Waals surface area contributed by atoms with E-state index in [-0.39, 0.29) is 17.9 Å². The van der Waals surface area contributed by atoms with Crippen LogP contribution in [0, 0.1) is 0 Å². The van der Waals surface area contributed by atoms with Crippen molar-refractivity contribution in [1.82, 2.24) is 4.57 Å². The third-order valence-corrected chi connectivity index (χ3v) is 6.05. The van der Waals surface area contributed by atoms with Gasteiger partial charge < -0.3 is 10.3 Å². The molecule has 0 saturated carbocycles. The number of ketones is 1. The van der Waals surface area contributed by atoms with E-state index in [9.17, 15) is 22.8 Å². The summed E-state index contributed by atoms with van der Waals surface area (Å²) in [6.07, 6.45) is -4.52. The first-order valence-electron chi connectivity index (χ1n) is 10.8. The molecule has 0 aliphatic rings. The van der Waals surface area contributed by atoms with Crippen LogP contribution in [0.15, 0.2) is 91.0 Å². The minimum Gasteiger partial charge on any atom is -0.366 e. The van der Waals surface area contributed by atoms with Crippen LogP contribution in [0.3, 0.4) is 0 Å². The number of hydrogen-bond donors (Lipinski definition) is 1. The predicted molar refractivity (Wildman–Crippen MR) is 128 cm³/mol. The number of carbonyl (C=O) groups excluding carboxylic acids is 2. The maximum absolute atomic E-state index is 13.5. The molecule has 1 amide bonds. The van der Waals surface area contributed by atoms with Gasteiger partial charge in [0, 0.05) is 34.0 Å². The summed E-state index contributed by atoms with van der Waals surface area (Å²) >= 11 is 0. The van der Waals surface area contributed by atoms with Crippen molar-refractivity contribution in [3.05, 3.63) is 119 Å². The van der Waals surface area contributed by atoms with Crippen LogP contribution in [-0.2, 0) is 12.7 Å². The van der Waals surface area contributed by atoms with Crippen molar-refractivity contribution in [2.24, 2.45) is 5.73 Å². The van der Waals surface area contributed by atoms with Gasteiger partial charge in [-0.2, -0.15) is 13.2 Å². The van der Waals surface area contributed by atoms with Crippen LogP contribution in [0.4, 0.5) is 13.2 Å². The second-order valence-electron chi connectivity index (χ2n) is 8.28. The molecule has 4 aromatic carbocycles. The quantitative estimate of drug-likeness (QED) is 0.310. The van der Waals surface area contributed by atoms with Gasteiger partial charge >= 0.3 is 6.18 Å². The Hall–Kier alpha value is -4.39. The Balaban J connectivity index is 1.68. The van der Waals surface area contributed by atoms with Crippen molar-refractivity contribution < 1.29 is 22.8 Å². The monoisotopic (exact) mass is 472 g/mol. The number of rotatable bonds is 5. The molecule has 2 N–H and O–H groups in total. The average Bonchev–Trinajstić information content (AvgIpc) is 3.16. The van der Waals surface area contributed by atoms with Gasteiger partial charge in [0.05, 0.1) is 16.6 Å². The second kappa shape index (κ2) is 8.43. The lowest BCUT2D eigenvalue weighted by molar-refractivity contribution is -0.137. The molecule has 7 heteroatoms. The van der Waals surface area contributed by atoms with Gasteiger partial charge in [-0.25, -0.2) is 0 Å². The average molecular weight is 472 g/mol. The Labute approximate surface area is 198 Å². The van der Waals surface area contributed by atoms with Gasteiger partial charge in [0.2, 0.25) is 5.91 Å². The van der Waals surface area contributed by atoms with Crippen molar-refractivity contribution in [2.75, 3.05) is 0 Å². The minimum absolute atomic E-state index is 0.148. The van der Waals surface area contributed by atoms with Crippen LogP contribution in [0.25, 0.3) is 21.8 Å². The first kappa shape index (κ1) is 22.4. The number of carbonyl (C=O) groups is 2. The lowest BCUT2D eigenvalue weighted by Crippen LogP contribution is -2.11. The predicted octanol–water partition coefficient (Wildman–Crippen LogP) is 6.19. The zero-order chi connectivity index (χ0) is 24.7. The van der Waals surface area contributed by atoms with Gasteiger partial charge in [0.1, 0.15) is 0 Å². The normalized spacial score (nSPS) is 11.7. The second-order valence-corrected chi connectivity index (χ2v) is 8.28. The lowest BCUT2D eigenvalue weighted by Gasteiger charge is -2.11. The summed E-state index contributed by atoms with van der Waals surface area (Å²) in [6.45, 7) is 0.194. The molecule has 35 heavy (non-hydrogen) atoms. The summed E-state index contributed by atoms with van der Waals surface area (Å²) in [6, 6.07) is 24.3. The highest BCUT2D eigenvalue weighted by atomic mass is 19.4. The summed E-state index contributed by atoms with van der Waals surface area (Å²) in [5.41, 5.74) is 7.67. The zero-order valence-corrected chi connectivity index (χ0v) is 18.3. The number of halogens is 3.